The molecule has 1 aliphatic carbocycles. The molecule has 0 amide bonds. The predicted octanol–water partition coefficient (Wildman–Crippen LogP) is 3.63. The molecule has 1 aliphatic rings. The normalized spacial score (nSPS) is 16.4. The smallest absolute Gasteiger partial charge is 0.238 e. The fourth-order valence-corrected chi connectivity index (χ4v) is 5.71. The van der Waals surface area contributed by atoms with E-state index in [0.717, 1.165) is 6.07 Å². The summed E-state index contributed by atoms with van der Waals surface area (Å²) in [5.41, 5.74) is -0.195. The lowest BCUT2D eigenvalue weighted by Gasteiger charge is -2.23. The molecule has 0 aromatic heterocycles. The summed E-state index contributed by atoms with van der Waals surface area (Å²) in [5, 5.41) is 18.8. The summed E-state index contributed by atoms with van der Waals surface area (Å²) >= 11 is 1.92. The first-order valence-corrected chi connectivity index (χ1v) is 11.8. The van der Waals surface area contributed by atoms with Crippen LogP contribution in [0.1, 0.15) is 36.0 Å². The minimum absolute atomic E-state index is 0.0941. The largest absolute Gasteiger partial charge is 0.394 e. The van der Waals surface area contributed by atoms with Crippen molar-refractivity contribution in [1.29, 1.82) is 0 Å². The summed E-state index contributed by atoms with van der Waals surface area (Å²) < 4.78 is 70.8. The molecule has 0 saturated heterocycles. The summed E-state index contributed by atoms with van der Waals surface area (Å²) in [4.78, 5) is 0. The summed E-state index contributed by atoms with van der Waals surface area (Å²) in [5.74, 6) is -3.02. The van der Waals surface area contributed by atoms with Crippen LogP contribution in [0.3, 0.4) is 0 Å². The molecule has 0 heterocycles. The summed E-state index contributed by atoms with van der Waals surface area (Å²) in [7, 11) is -4.10. The zero-order valence-corrected chi connectivity index (χ0v) is 19.0. The molecule has 0 aliphatic heterocycles. The average molecular weight is 555 g/mol. The number of nitrogens with one attached hydrogen (secondary N) is 1. The second-order valence-electron chi connectivity index (χ2n) is 7.58. The molecule has 2 aromatic carbocycles. The molecule has 1 fully saturated rings. The first kappa shape index (κ1) is 23.3. The highest BCUT2D eigenvalue weighted by atomic mass is 127. The molecule has 3 N–H and O–H groups in total. The van der Waals surface area contributed by atoms with Crippen LogP contribution in [0.25, 0.3) is 0 Å². The van der Waals surface area contributed by atoms with Gasteiger partial charge in [-0.3, -0.25) is 4.72 Å². The highest BCUT2D eigenvalue weighted by Gasteiger charge is 2.55. The number of halogens is 4. The topological polar surface area (TPSA) is 86.6 Å². The van der Waals surface area contributed by atoms with E-state index in [1.54, 1.807) is 6.07 Å². The van der Waals surface area contributed by atoms with E-state index in [4.69, 9.17) is 5.11 Å². The van der Waals surface area contributed by atoms with Crippen LogP contribution in [0.5, 0.6) is 0 Å². The molecule has 10 heteroatoms. The Balaban J connectivity index is 2.02. The molecule has 5 nitrogen and oxygen atoms in total. The molecule has 164 valence electrons. The van der Waals surface area contributed by atoms with E-state index in [2.05, 4.69) is 4.72 Å². The molecule has 1 atom stereocenters. The monoisotopic (exact) mass is 555 g/mol. The predicted molar refractivity (Wildman–Crippen MR) is 115 cm³/mol. The Bertz CT molecular complexity index is 1070. The molecule has 3 rings (SSSR count). The van der Waals surface area contributed by atoms with Gasteiger partial charge in [0.05, 0.1) is 23.1 Å². The summed E-state index contributed by atoms with van der Waals surface area (Å²) in [6, 6.07) is 5.18. The van der Waals surface area contributed by atoms with Crippen molar-refractivity contribution >= 4 is 38.3 Å². The van der Waals surface area contributed by atoms with Crippen molar-refractivity contribution < 1.29 is 31.8 Å². The van der Waals surface area contributed by atoms with Crippen molar-refractivity contribution in [1.82, 2.24) is 0 Å². The number of anilines is 1. The minimum Gasteiger partial charge on any atom is -0.394 e. The maximum absolute atomic E-state index is 14.7. The van der Waals surface area contributed by atoms with Gasteiger partial charge in [-0.2, -0.15) is 0 Å². The highest BCUT2D eigenvalue weighted by molar-refractivity contribution is 14.1. The number of benzene rings is 2. The van der Waals surface area contributed by atoms with E-state index in [-0.39, 0.29) is 48.1 Å². The third kappa shape index (κ3) is 4.61. The van der Waals surface area contributed by atoms with Crippen molar-refractivity contribution in [2.24, 2.45) is 0 Å². The van der Waals surface area contributed by atoms with Crippen LogP contribution in [0.4, 0.5) is 18.9 Å². The number of aliphatic hydroxyl groups is 2. The van der Waals surface area contributed by atoms with Crippen molar-refractivity contribution in [3.8, 4) is 0 Å². The van der Waals surface area contributed by atoms with Gasteiger partial charge in [0.25, 0.3) is 0 Å². The number of hydrogen-bond donors (Lipinski definition) is 3. The SMILES string of the molecule is Cc1cc(F)c(F)c(Cc2ccc(I)cc2F)c1NS(=O)(=O)C1(C[C@H](O)CO)CC1. The van der Waals surface area contributed by atoms with Crippen LogP contribution in [0.15, 0.2) is 24.3 Å². The molecule has 0 radical (unpaired) electrons. The average Bonchev–Trinajstić information content (AvgIpc) is 3.45. The van der Waals surface area contributed by atoms with Gasteiger partial charge in [-0.05, 0) is 78.1 Å². The second-order valence-corrected chi connectivity index (χ2v) is 10.9. The van der Waals surface area contributed by atoms with Gasteiger partial charge in [0, 0.05) is 15.6 Å². The third-order valence-electron chi connectivity index (χ3n) is 5.33. The molecular formula is C20H21F3INO4S. The zero-order chi connectivity index (χ0) is 22.3. The van der Waals surface area contributed by atoms with E-state index in [1.165, 1.54) is 19.1 Å². The van der Waals surface area contributed by atoms with E-state index in [9.17, 15) is 26.7 Å². The lowest BCUT2D eigenvalue weighted by atomic mass is 9.99. The van der Waals surface area contributed by atoms with Crippen molar-refractivity contribution in [3.63, 3.8) is 0 Å². The van der Waals surface area contributed by atoms with Gasteiger partial charge in [-0.25, -0.2) is 21.6 Å². The fourth-order valence-electron chi connectivity index (χ4n) is 3.44. The maximum atomic E-state index is 14.7. The van der Waals surface area contributed by atoms with Crippen molar-refractivity contribution in [2.75, 3.05) is 11.3 Å². The van der Waals surface area contributed by atoms with Gasteiger partial charge in [0.2, 0.25) is 10.0 Å². The van der Waals surface area contributed by atoms with Crippen LogP contribution >= 0.6 is 22.6 Å². The standard InChI is InChI=1S/C20H21F3INO4S/c1-11-6-17(22)18(23)15(7-12-2-3-13(24)8-16(12)21)19(11)25-30(28,29)20(4-5-20)9-14(27)10-26/h2-3,6,8,14,25-27H,4-5,7,9-10H2,1H3/t14-/m0/s1. The lowest BCUT2D eigenvalue weighted by Crippen LogP contribution is -2.35. The Hall–Kier alpha value is -1.37. The number of aryl methyl sites for hydroxylation is 1. The quantitative estimate of drug-likeness (QED) is 0.435. The number of sulfonamides is 1. The van der Waals surface area contributed by atoms with E-state index in [1.807, 2.05) is 22.6 Å². The lowest BCUT2D eigenvalue weighted by molar-refractivity contribution is 0.0858. The van der Waals surface area contributed by atoms with E-state index < -0.39 is 44.9 Å². The summed E-state index contributed by atoms with van der Waals surface area (Å²) in [6.07, 6.45) is -1.21. The maximum Gasteiger partial charge on any atom is 0.238 e. The first-order valence-electron chi connectivity index (χ1n) is 9.22. The number of hydrogen-bond acceptors (Lipinski definition) is 4. The molecule has 0 spiro atoms. The highest BCUT2D eigenvalue weighted by Crippen LogP contribution is 2.48. The van der Waals surface area contributed by atoms with Gasteiger partial charge in [0.15, 0.2) is 11.6 Å². The Kier molecular flexibility index (Phi) is 6.71. The van der Waals surface area contributed by atoms with Crippen molar-refractivity contribution in [3.05, 3.63) is 62.0 Å². The van der Waals surface area contributed by atoms with Gasteiger partial charge in [-0.1, -0.05) is 6.07 Å². The van der Waals surface area contributed by atoms with Crippen LogP contribution < -0.4 is 4.72 Å². The molecule has 0 bridgehead atoms. The fraction of sp³-hybridized carbons (Fsp3) is 0.400. The Morgan fingerprint density at radius 2 is 1.87 bits per heavy atom. The number of aliphatic hydroxyl groups excluding tert-OH is 2. The van der Waals surface area contributed by atoms with Crippen LogP contribution in [-0.4, -0.2) is 36.1 Å². The second kappa shape index (κ2) is 8.64. The van der Waals surface area contributed by atoms with E-state index in [0.29, 0.717) is 3.57 Å². The Morgan fingerprint density at radius 3 is 2.43 bits per heavy atom. The van der Waals surface area contributed by atoms with Gasteiger partial charge in [-0.15, -0.1) is 0 Å². The van der Waals surface area contributed by atoms with Crippen molar-refractivity contribution in [2.45, 2.75) is 43.5 Å². The van der Waals surface area contributed by atoms with Gasteiger partial charge < -0.3 is 10.2 Å². The van der Waals surface area contributed by atoms with Gasteiger partial charge >= 0.3 is 0 Å². The summed E-state index contributed by atoms with van der Waals surface area (Å²) in [6.45, 7) is 0.842. The molecule has 2 aromatic rings. The third-order valence-corrected chi connectivity index (χ3v) is 8.19. The Labute approximate surface area is 186 Å². The molecular weight excluding hydrogens is 534 g/mol. The van der Waals surface area contributed by atoms with Crippen LogP contribution in [-0.2, 0) is 16.4 Å². The van der Waals surface area contributed by atoms with Gasteiger partial charge in [0.1, 0.15) is 5.82 Å². The zero-order valence-electron chi connectivity index (χ0n) is 16.1. The van der Waals surface area contributed by atoms with Crippen LogP contribution in [0.2, 0.25) is 0 Å². The Morgan fingerprint density at radius 1 is 1.20 bits per heavy atom. The van der Waals surface area contributed by atoms with E-state index >= 15 is 0 Å². The molecule has 0 unspecified atom stereocenters. The van der Waals surface area contributed by atoms with Crippen LogP contribution in [0, 0.1) is 27.9 Å². The minimum atomic E-state index is -4.10. The molecule has 30 heavy (non-hydrogen) atoms. The first-order chi connectivity index (χ1) is 14.0. The molecule has 1 saturated carbocycles. The number of rotatable bonds is 8.